The molecule has 1 unspecified atom stereocenters. The van der Waals surface area contributed by atoms with Crippen LogP contribution in [0.15, 0.2) is 24.4 Å². The number of likely N-dealkylation sites (tertiary alicyclic amines) is 1. The third kappa shape index (κ3) is 5.04. The molecule has 1 amide bonds. The Morgan fingerprint density at radius 1 is 1.22 bits per heavy atom. The molecule has 2 fully saturated rings. The Morgan fingerprint density at radius 3 is 2.78 bits per heavy atom. The number of ether oxygens (including phenoxy) is 2. The van der Waals surface area contributed by atoms with Gasteiger partial charge in [0.15, 0.2) is 17.2 Å². The van der Waals surface area contributed by atoms with Crippen LogP contribution in [0.5, 0.6) is 5.88 Å². The van der Waals surface area contributed by atoms with Crippen molar-refractivity contribution in [3.05, 3.63) is 35.7 Å². The van der Waals surface area contributed by atoms with Gasteiger partial charge in [-0.15, -0.1) is 5.10 Å². The number of aromatic nitrogens is 4. The van der Waals surface area contributed by atoms with Crippen LogP contribution in [0.25, 0.3) is 5.65 Å². The minimum absolute atomic E-state index is 0.0700. The van der Waals surface area contributed by atoms with E-state index in [1.54, 1.807) is 12.1 Å². The summed E-state index contributed by atoms with van der Waals surface area (Å²) in [5.41, 5.74) is 1.84. The molecular weight excluding hydrogens is 460 g/mol. The van der Waals surface area contributed by atoms with Crippen LogP contribution in [0.4, 0.5) is 17.3 Å². The predicted octanol–water partition coefficient (Wildman–Crippen LogP) is 3.70. The summed E-state index contributed by atoms with van der Waals surface area (Å²) in [6, 6.07) is 7.43. The van der Waals surface area contributed by atoms with Crippen molar-refractivity contribution < 1.29 is 14.3 Å². The third-order valence-electron chi connectivity index (χ3n) is 6.16. The Morgan fingerprint density at radius 2 is 2.06 bits per heavy atom. The molecule has 5 rings (SSSR count). The molecule has 0 bridgehead atoms. The number of nitrogens with zero attached hydrogens (tertiary/aromatic N) is 6. The molecular formula is C25H30N8O3. The third-order valence-corrected chi connectivity index (χ3v) is 6.16. The maximum Gasteiger partial charge on any atom is 0.259 e. The van der Waals surface area contributed by atoms with Crippen molar-refractivity contribution in [1.82, 2.24) is 24.5 Å². The van der Waals surface area contributed by atoms with Crippen molar-refractivity contribution in [1.29, 1.82) is 5.26 Å². The van der Waals surface area contributed by atoms with Crippen LogP contribution < -0.4 is 15.4 Å². The van der Waals surface area contributed by atoms with E-state index >= 15 is 0 Å². The van der Waals surface area contributed by atoms with Crippen LogP contribution in [0.2, 0.25) is 0 Å². The van der Waals surface area contributed by atoms with E-state index in [4.69, 9.17) is 9.47 Å². The molecule has 2 aliphatic rings. The van der Waals surface area contributed by atoms with E-state index in [9.17, 15) is 10.1 Å². The Bertz CT molecular complexity index is 1290. The van der Waals surface area contributed by atoms with Crippen LogP contribution in [0, 0.1) is 11.3 Å². The molecule has 2 aliphatic heterocycles. The van der Waals surface area contributed by atoms with Crippen molar-refractivity contribution in [3.63, 3.8) is 0 Å². The monoisotopic (exact) mass is 490 g/mol. The summed E-state index contributed by atoms with van der Waals surface area (Å²) in [6.45, 7) is 5.99. The maximum atomic E-state index is 13.1. The number of hydrogen-bond acceptors (Lipinski definition) is 9. The first-order chi connectivity index (χ1) is 17.5. The number of carbonyl (C=O) groups is 1. The molecule has 0 radical (unpaired) electrons. The second-order valence-electron chi connectivity index (χ2n) is 9.27. The van der Waals surface area contributed by atoms with Gasteiger partial charge in [-0.25, -0.2) is 4.98 Å². The van der Waals surface area contributed by atoms with E-state index in [-0.39, 0.29) is 24.1 Å². The van der Waals surface area contributed by atoms with Crippen LogP contribution in [-0.4, -0.2) is 62.4 Å². The SMILES string of the molecule is CC(C)Oc1nc(Nc2cc(NC3CCCCO3)nn3c(C#N)cnc23)ccc1C(=O)N1CCCC1. The lowest BCUT2D eigenvalue weighted by Crippen LogP contribution is -2.28. The first-order valence-corrected chi connectivity index (χ1v) is 12.4. The standard InChI is InChI=1S/C25H30N8O3/c1-16(2)36-24-18(25(34)32-10-4-5-11-32)8-9-20(30-24)28-19-13-21(29-22-7-3-6-12-35-22)31-33-17(14-26)15-27-23(19)33/h8-9,13,15-16,22H,3-7,10-12H2,1-2H3,(H,28,30)(H,29,31). The molecule has 5 heterocycles. The smallest absolute Gasteiger partial charge is 0.259 e. The Kier molecular flexibility index (Phi) is 6.86. The van der Waals surface area contributed by atoms with Gasteiger partial charge in [-0.2, -0.15) is 14.8 Å². The Balaban J connectivity index is 1.48. The second-order valence-corrected chi connectivity index (χ2v) is 9.27. The molecule has 0 spiro atoms. The summed E-state index contributed by atoms with van der Waals surface area (Å²) in [6.07, 6.45) is 6.19. The van der Waals surface area contributed by atoms with E-state index in [1.165, 1.54) is 10.7 Å². The average molecular weight is 491 g/mol. The molecule has 2 N–H and O–H groups in total. The fourth-order valence-corrected chi connectivity index (χ4v) is 4.44. The molecule has 11 nitrogen and oxygen atoms in total. The van der Waals surface area contributed by atoms with Crippen molar-refractivity contribution in [2.24, 2.45) is 0 Å². The predicted molar refractivity (Wildman–Crippen MR) is 133 cm³/mol. The lowest BCUT2D eigenvalue weighted by atomic mass is 10.2. The molecule has 3 aromatic rings. The molecule has 36 heavy (non-hydrogen) atoms. The minimum atomic E-state index is -0.151. The molecule has 0 aromatic carbocycles. The van der Waals surface area contributed by atoms with Gasteiger partial charge in [-0.3, -0.25) is 4.79 Å². The number of fused-ring (bicyclic) bond motifs is 1. The highest BCUT2D eigenvalue weighted by molar-refractivity contribution is 5.97. The van der Waals surface area contributed by atoms with Crippen LogP contribution in [0.1, 0.15) is 62.0 Å². The number of hydrogen-bond donors (Lipinski definition) is 2. The summed E-state index contributed by atoms with van der Waals surface area (Å²) in [5.74, 6) is 1.25. The van der Waals surface area contributed by atoms with Crippen molar-refractivity contribution in [2.75, 3.05) is 30.3 Å². The van der Waals surface area contributed by atoms with Crippen molar-refractivity contribution in [2.45, 2.75) is 58.3 Å². The zero-order valence-corrected chi connectivity index (χ0v) is 20.5. The van der Waals surface area contributed by atoms with Gasteiger partial charge in [0, 0.05) is 25.8 Å². The molecule has 2 saturated heterocycles. The fraction of sp³-hybridized carbons (Fsp3) is 0.480. The van der Waals surface area contributed by atoms with E-state index in [1.807, 2.05) is 24.8 Å². The van der Waals surface area contributed by atoms with E-state index in [0.29, 0.717) is 40.8 Å². The van der Waals surface area contributed by atoms with Gasteiger partial charge < -0.3 is 25.0 Å². The van der Waals surface area contributed by atoms with Crippen LogP contribution in [-0.2, 0) is 4.74 Å². The van der Waals surface area contributed by atoms with Crippen LogP contribution >= 0.6 is 0 Å². The first kappa shape index (κ1) is 23.8. The molecule has 0 saturated carbocycles. The number of pyridine rings is 1. The Hall–Kier alpha value is -3.91. The van der Waals surface area contributed by atoms with Gasteiger partial charge in [-0.1, -0.05) is 0 Å². The number of nitriles is 1. The van der Waals surface area contributed by atoms with Crippen molar-refractivity contribution >= 4 is 28.9 Å². The molecule has 3 aromatic heterocycles. The number of nitrogens with one attached hydrogen (secondary N) is 2. The quantitative estimate of drug-likeness (QED) is 0.509. The van der Waals surface area contributed by atoms with E-state index in [2.05, 4.69) is 31.8 Å². The normalized spacial score (nSPS) is 17.8. The largest absolute Gasteiger partial charge is 0.474 e. The lowest BCUT2D eigenvalue weighted by Gasteiger charge is -2.24. The highest BCUT2D eigenvalue weighted by Gasteiger charge is 2.25. The summed E-state index contributed by atoms with van der Waals surface area (Å²) >= 11 is 0. The maximum absolute atomic E-state index is 13.1. The van der Waals surface area contributed by atoms with Gasteiger partial charge in [-0.05, 0) is 58.1 Å². The summed E-state index contributed by atoms with van der Waals surface area (Å²) in [7, 11) is 0. The van der Waals surface area contributed by atoms with Gasteiger partial charge >= 0.3 is 0 Å². The molecule has 0 aliphatic carbocycles. The second kappa shape index (κ2) is 10.4. The van der Waals surface area contributed by atoms with Gasteiger partial charge in [0.2, 0.25) is 5.88 Å². The highest BCUT2D eigenvalue weighted by atomic mass is 16.5. The zero-order valence-electron chi connectivity index (χ0n) is 20.5. The highest BCUT2D eigenvalue weighted by Crippen LogP contribution is 2.28. The number of amides is 1. The topological polar surface area (TPSA) is 130 Å². The molecule has 188 valence electrons. The fourth-order valence-electron chi connectivity index (χ4n) is 4.44. The molecule has 11 heteroatoms. The van der Waals surface area contributed by atoms with Crippen molar-refractivity contribution in [3.8, 4) is 11.9 Å². The first-order valence-electron chi connectivity index (χ1n) is 12.4. The summed E-state index contributed by atoms with van der Waals surface area (Å²) in [4.78, 5) is 23.9. The minimum Gasteiger partial charge on any atom is -0.474 e. The zero-order chi connectivity index (χ0) is 25.1. The van der Waals surface area contributed by atoms with Gasteiger partial charge in [0.1, 0.15) is 23.7 Å². The number of anilines is 3. The molecule has 1 atom stereocenters. The van der Waals surface area contributed by atoms with Gasteiger partial charge in [0.05, 0.1) is 18.0 Å². The van der Waals surface area contributed by atoms with Crippen LogP contribution in [0.3, 0.4) is 0 Å². The number of carbonyl (C=O) groups excluding carboxylic acids is 1. The summed E-state index contributed by atoms with van der Waals surface area (Å²) in [5, 5.41) is 20.7. The average Bonchev–Trinajstić information content (AvgIpc) is 3.55. The van der Waals surface area contributed by atoms with Gasteiger partial charge in [0.25, 0.3) is 5.91 Å². The number of imidazole rings is 1. The Labute approximate surface area is 209 Å². The number of rotatable bonds is 7. The summed E-state index contributed by atoms with van der Waals surface area (Å²) < 4.78 is 13.2. The van der Waals surface area contributed by atoms with E-state index in [0.717, 1.165) is 45.2 Å². The van der Waals surface area contributed by atoms with E-state index < -0.39 is 0 Å². The lowest BCUT2D eigenvalue weighted by molar-refractivity contribution is 0.0340.